The molecular weight excluding hydrogens is 356 g/mol. The molecule has 2 unspecified atom stereocenters. The summed E-state index contributed by atoms with van der Waals surface area (Å²) < 4.78 is 5.42. The van der Waals surface area contributed by atoms with Crippen molar-refractivity contribution in [1.29, 1.82) is 0 Å². The third kappa shape index (κ3) is 4.61. The quantitative estimate of drug-likeness (QED) is 0.617. The minimum absolute atomic E-state index is 0.153. The van der Waals surface area contributed by atoms with Crippen LogP contribution in [0.4, 0.5) is 0 Å². The lowest BCUT2D eigenvalue weighted by atomic mass is 9.93. The number of rotatable bonds is 3. The van der Waals surface area contributed by atoms with Crippen LogP contribution in [0, 0.1) is 19.8 Å². The predicted molar refractivity (Wildman–Crippen MR) is 106 cm³/mol. The fourth-order valence-corrected chi connectivity index (χ4v) is 3.27. The largest absolute Gasteiger partial charge is 0.495 e. The van der Waals surface area contributed by atoms with E-state index in [9.17, 15) is 4.79 Å². The van der Waals surface area contributed by atoms with Crippen molar-refractivity contribution in [2.24, 2.45) is 5.92 Å². The number of hydrogen-bond acceptors (Lipinski definition) is 3. The summed E-state index contributed by atoms with van der Waals surface area (Å²) in [5, 5.41) is 5.82. The maximum atomic E-state index is 12.4. The van der Waals surface area contributed by atoms with E-state index in [2.05, 4.69) is 10.6 Å². The Labute approximate surface area is 159 Å². The summed E-state index contributed by atoms with van der Waals surface area (Å²) in [6.07, 6.45) is 1.95. The number of thiocarbonyl (C=S) groups is 1. The number of carbonyl (C=O) groups is 1. The first kappa shape index (κ1) is 19.5. The fraction of sp³-hybridized carbons (Fsp3) is 0.368. The van der Waals surface area contributed by atoms with Crippen LogP contribution in [0.5, 0.6) is 0 Å². The molecular formula is C19H23ClN2O2S. The van der Waals surface area contributed by atoms with Gasteiger partial charge in [-0.15, -0.1) is 11.6 Å². The maximum Gasteiger partial charge on any atom is 0.257 e. The van der Waals surface area contributed by atoms with Crippen molar-refractivity contribution < 1.29 is 9.53 Å². The predicted octanol–water partition coefficient (Wildman–Crippen LogP) is 3.97. The van der Waals surface area contributed by atoms with Crippen molar-refractivity contribution in [3.8, 4) is 0 Å². The van der Waals surface area contributed by atoms with Crippen molar-refractivity contribution in [2.75, 3.05) is 7.11 Å². The molecule has 0 saturated carbocycles. The third-order valence-electron chi connectivity index (χ3n) is 4.10. The zero-order valence-corrected chi connectivity index (χ0v) is 16.6. The van der Waals surface area contributed by atoms with Crippen LogP contribution in [0.3, 0.4) is 0 Å². The summed E-state index contributed by atoms with van der Waals surface area (Å²) in [5.74, 6) is 0.572. The second-order valence-electron chi connectivity index (χ2n) is 6.34. The summed E-state index contributed by atoms with van der Waals surface area (Å²) in [7, 11) is 1.60. The Hall–Kier alpha value is -1.85. The highest BCUT2D eigenvalue weighted by Gasteiger charge is 2.27. The Balaban J connectivity index is 2.13. The first-order valence-electron chi connectivity index (χ1n) is 8.04. The van der Waals surface area contributed by atoms with Gasteiger partial charge in [-0.1, -0.05) is 24.1 Å². The Kier molecular flexibility index (Phi) is 6.25. The van der Waals surface area contributed by atoms with Gasteiger partial charge in [-0.05, 0) is 62.7 Å². The van der Waals surface area contributed by atoms with Gasteiger partial charge in [0.15, 0.2) is 5.11 Å². The first-order valence-corrected chi connectivity index (χ1v) is 8.89. The van der Waals surface area contributed by atoms with E-state index in [-0.39, 0.29) is 22.3 Å². The van der Waals surface area contributed by atoms with Gasteiger partial charge in [0.2, 0.25) is 0 Å². The molecule has 2 atom stereocenters. The average Bonchev–Trinajstić information content (AvgIpc) is 2.54. The van der Waals surface area contributed by atoms with Gasteiger partial charge >= 0.3 is 0 Å². The lowest BCUT2D eigenvalue weighted by Crippen LogP contribution is -2.41. The second-order valence-corrected chi connectivity index (χ2v) is 7.22. The van der Waals surface area contributed by atoms with E-state index in [1.54, 1.807) is 7.11 Å². The van der Waals surface area contributed by atoms with Crippen LogP contribution in [0.25, 0.3) is 0 Å². The van der Waals surface area contributed by atoms with Crippen molar-refractivity contribution in [1.82, 2.24) is 10.6 Å². The molecule has 0 radical (unpaired) electrons. The molecule has 0 fully saturated rings. The molecule has 4 nitrogen and oxygen atoms in total. The Morgan fingerprint density at radius 1 is 1.20 bits per heavy atom. The number of methoxy groups -OCH3 is 1. The minimum atomic E-state index is -0.253. The van der Waals surface area contributed by atoms with Crippen LogP contribution < -0.4 is 10.6 Å². The molecule has 1 amide bonds. The smallest absolute Gasteiger partial charge is 0.257 e. The topological polar surface area (TPSA) is 50.4 Å². The highest BCUT2D eigenvalue weighted by atomic mass is 35.5. The minimum Gasteiger partial charge on any atom is -0.495 e. The molecule has 1 aliphatic carbocycles. The normalized spacial score (nSPS) is 20.0. The molecule has 0 saturated heterocycles. The number of aryl methyl sites for hydroxylation is 2. The van der Waals surface area contributed by atoms with Crippen LogP contribution in [-0.2, 0) is 4.74 Å². The first-order chi connectivity index (χ1) is 11.7. The number of halogens is 1. The highest BCUT2D eigenvalue weighted by molar-refractivity contribution is 7.80. The Bertz CT molecular complexity index is 750. The Morgan fingerprint density at radius 3 is 2.36 bits per heavy atom. The van der Waals surface area contributed by atoms with Crippen LogP contribution in [0.15, 0.2) is 41.3 Å². The van der Waals surface area contributed by atoms with Gasteiger partial charge in [-0.3, -0.25) is 10.1 Å². The summed E-state index contributed by atoms with van der Waals surface area (Å²) in [4.78, 5) is 12.4. The number of amides is 1. The van der Waals surface area contributed by atoms with E-state index in [1.807, 2.05) is 52.0 Å². The number of allylic oxidation sites excluding steroid dienone is 2. The molecule has 0 spiro atoms. The maximum absolute atomic E-state index is 12.4. The number of ether oxygens (including phenoxy) is 1. The molecule has 0 bridgehead atoms. The molecule has 1 aromatic carbocycles. The zero-order valence-electron chi connectivity index (χ0n) is 15.1. The standard InChI is InChI=1S/C19H23ClN2O2S/c1-10-6-11(2)8-14(7-10)18(23)22-19(25)21-17-13(4)16(20)12(3)9-15(17)24-5/h6-9,12,16H,1-5H3,(H2,21,22,23,25). The summed E-state index contributed by atoms with van der Waals surface area (Å²) in [6.45, 7) is 7.86. The van der Waals surface area contributed by atoms with E-state index in [4.69, 9.17) is 28.6 Å². The zero-order chi connectivity index (χ0) is 18.7. The molecule has 2 rings (SSSR count). The van der Waals surface area contributed by atoms with Crippen LogP contribution in [0.1, 0.15) is 35.3 Å². The third-order valence-corrected chi connectivity index (χ3v) is 5.03. The van der Waals surface area contributed by atoms with Gasteiger partial charge in [0.25, 0.3) is 5.91 Å². The molecule has 0 heterocycles. The summed E-state index contributed by atoms with van der Waals surface area (Å²) in [5.41, 5.74) is 4.25. The van der Waals surface area contributed by atoms with Crippen molar-refractivity contribution in [2.45, 2.75) is 33.1 Å². The van der Waals surface area contributed by atoms with Crippen molar-refractivity contribution >= 4 is 34.8 Å². The molecule has 0 aliphatic heterocycles. The molecule has 0 aromatic heterocycles. The molecule has 1 aromatic rings. The fourth-order valence-electron chi connectivity index (χ4n) is 2.89. The van der Waals surface area contributed by atoms with Gasteiger partial charge < -0.3 is 10.1 Å². The van der Waals surface area contributed by atoms with Crippen LogP contribution in [0.2, 0.25) is 0 Å². The van der Waals surface area contributed by atoms with Gasteiger partial charge in [-0.25, -0.2) is 0 Å². The van der Waals surface area contributed by atoms with E-state index in [0.717, 1.165) is 16.7 Å². The number of benzene rings is 1. The van der Waals surface area contributed by atoms with E-state index < -0.39 is 0 Å². The number of alkyl halides is 1. The van der Waals surface area contributed by atoms with Crippen molar-refractivity contribution in [3.05, 3.63) is 58.0 Å². The van der Waals surface area contributed by atoms with E-state index in [0.29, 0.717) is 17.0 Å². The monoisotopic (exact) mass is 378 g/mol. The van der Waals surface area contributed by atoms with Gasteiger partial charge in [0.1, 0.15) is 5.76 Å². The Morgan fingerprint density at radius 2 is 1.80 bits per heavy atom. The van der Waals surface area contributed by atoms with E-state index >= 15 is 0 Å². The SMILES string of the molecule is COC1=CC(C)C(Cl)C(C)=C1NC(=S)NC(=O)c1cc(C)cc(C)c1. The highest BCUT2D eigenvalue weighted by Crippen LogP contribution is 2.31. The van der Waals surface area contributed by atoms with Crippen molar-refractivity contribution in [3.63, 3.8) is 0 Å². The molecule has 2 N–H and O–H groups in total. The number of carbonyl (C=O) groups excluding carboxylic acids is 1. The van der Waals surface area contributed by atoms with Gasteiger partial charge in [0.05, 0.1) is 18.2 Å². The molecule has 25 heavy (non-hydrogen) atoms. The molecule has 1 aliphatic rings. The average molecular weight is 379 g/mol. The lowest BCUT2D eigenvalue weighted by molar-refractivity contribution is 0.0976. The van der Waals surface area contributed by atoms with Crippen LogP contribution in [-0.4, -0.2) is 23.5 Å². The summed E-state index contributed by atoms with van der Waals surface area (Å²) in [6, 6.07) is 5.67. The summed E-state index contributed by atoms with van der Waals surface area (Å²) >= 11 is 11.7. The van der Waals surface area contributed by atoms with Gasteiger partial charge in [0, 0.05) is 5.56 Å². The van der Waals surface area contributed by atoms with Crippen LogP contribution >= 0.6 is 23.8 Å². The van der Waals surface area contributed by atoms with Gasteiger partial charge in [-0.2, -0.15) is 0 Å². The number of nitrogens with one attached hydrogen (secondary N) is 2. The van der Waals surface area contributed by atoms with E-state index in [1.165, 1.54) is 0 Å². The molecule has 134 valence electrons. The molecule has 6 heteroatoms. The number of hydrogen-bond donors (Lipinski definition) is 2. The lowest BCUT2D eigenvalue weighted by Gasteiger charge is -2.27. The second kappa shape index (κ2) is 8.02.